The summed E-state index contributed by atoms with van der Waals surface area (Å²) in [4.78, 5) is 52.3. The number of nitrogens with one attached hydrogen (secondary N) is 1. The van der Waals surface area contributed by atoms with Gasteiger partial charge < -0.3 is 40.0 Å². The number of carbonyl (C=O) groups is 4. The summed E-state index contributed by atoms with van der Waals surface area (Å²) in [5, 5.41) is 47.8. The molecule has 12 heteroatoms. The van der Waals surface area contributed by atoms with Gasteiger partial charge in [-0.2, -0.15) is 0 Å². The second kappa shape index (κ2) is 11.3. The summed E-state index contributed by atoms with van der Waals surface area (Å²) in [6.45, 7) is 4.61. The van der Waals surface area contributed by atoms with Crippen molar-refractivity contribution in [1.82, 2.24) is 5.32 Å². The van der Waals surface area contributed by atoms with Crippen molar-refractivity contribution >= 4 is 23.3 Å². The molecule has 0 radical (unpaired) electrons. The molecule has 1 heterocycles. The van der Waals surface area contributed by atoms with E-state index in [2.05, 4.69) is 5.32 Å². The normalized spacial score (nSPS) is 28.0. The number of phenols is 2. The number of amides is 1. The fraction of sp³-hybridized carbons (Fsp3) is 0.484. The average molecular weight is 598 g/mol. The number of hydrogen-bond donors (Lipinski definition) is 5. The molecule has 230 valence electrons. The van der Waals surface area contributed by atoms with Gasteiger partial charge in [0.05, 0.1) is 42.0 Å². The van der Waals surface area contributed by atoms with E-state index >= 15 is 0 Å². The molecule has 43 heavy (non-hydrogen) atoms. The summed E-state index contributed by atoms with van der Waals surface area (Å²) < 4.78 is 17.3. The van der Waals surface area contributed by atoms with E-state index in [1.807, 2.05) is 6.92 Å². The summed E-state index contributed by atoms with van der Waals surface area (Å²) in [6, 6.07) is 3.67. The van der Waals surface area contributed by atoms with Crippen molar-refractivity contribution < 1.29 is 53.8 Å². The molecule has 2 aromatic carbocycles. The van der Waals surface area contributed by atoms with Gasteiger partial charge in [-0.15, -0.1) is 0 Å². The molecule has 6 atom stereocenters. The van der Waals surface area contributed by atoms with Crippen molar-refractivity contribution in [2.45, 2.75) is 89.1 Å². The van der Waals surface area contributed by atoms with E-state index in [1.54, 1.807) is 6.92 Å². The Labute approximate surface area is 247 Å². The number of carbonyl (C=O) groups excluding carboxylic acids is 4. The molecule has 1 saturated heterocycles. The molecular formula is C31H35NO11. The van der Waals surface area contributed by atoms with E-state index in [0.717, 1.165) is 0 Å². The number of phenolic OH excluding ortho intramolecular Hbond substituents is 2. The summed E-state index contributed by atoms with van der Waals surface area (Å²) in [6.07, 6.45) is -4.18. The number of ketones is 3. The van der Waals surface area contributed by atoms with E-state index in [1.165, 1.54) is 32.2 Å². The Morgan fingerprint density at radius 1 is 1.12 bits per heavy atom. The number of aromatic hydroxyl groups is 2. The van der Waals surface area contributed by atoms with Crippen molar-refractivity contribution in [3.8, 4) is 17.2 Å². The van der Waals surface area contributed by atoms with Crippen LogP contribution in [0.4, 0.5) is 0 Å². The minimum Gasteiger partial charge on any atom is -0.507 e. The van der Waals surface area contributed by atoms with Crippen LogP contribution in [0.2, 0.25) is 0 Å². The zero-order valence-corrected chi connectivity index (χ0v) is 24.3. The van der Waals surface area contributed by atoms with Crippen LogP contribution in [0.25, 0.3) is 0 Å². The van der Waals surface area contributed by atoms with E-state index in [4.69, 9.17) is 14.2 Å². The standard InChI is InChI=1S/C31H35NO11/c1-5-7-20(34)32-17-10-21(42-13(2)26(17)35)43-19-12-31(40,14(3)33)11-16-23(19)30(39)25-24(28(16)37)27(36)15-8-6-9-18(41-4)22(15)29(25)38/h6,8-9,13,17,19,21,26,35,37,39-40H,5,7,10-12H2,1-4H3,(H,32,34)/t13-,17-,19-,21-,26+,31+/m1/s1. The minimum atomic E-state index is -2.05. The number of benzene rings is 2. The topological polar surface area (TPSA) is 189 Å². The first-order valence-electron chi connectivity index (χ1n) is 14.2. The van der Waals surface area contributed by atoms with Gasteiger partial charge in [0.25, 0.3) is 0 Å². The van der Waals surface area contributed by atoms with Crippen molar-refractivity contribution in [3.05, 3.63) is 51.6 Å². The number of hydrogen-bond acceptors (Lipinski definition) is 11. The third-order valence-corrected chi connectivity index (χ3v) is 8.58. The van der Waals surface area contributed by atoms with E-state index in [9.17, 15) is 39.6 Å². The highest BCUT2D eigenvalue weighted by Crippen LogP contribution is 2.52. The Balaban J connectivity index is 1.60. The maximum absolute atomic E-state index is 13.8. The molecule has 5 N–H and O–H groups in total. The molecule has 1 aliphatic heterocycles. The largest absolute Gasteiger partial charge is 0.507 e. The fourth-order valence-corrected chi connectivity index (χ4v) is 6.27. The maximum atomic E-state index is 13.8. The van der Waals surface area contributed by atoms with Crippen LogP contribution in [0.3, 0.4) is 0 Å². The first kappa shape index (κ1) is 30.6. The lowest BCUT2D eigenvalue weighted by Gasteiger charge is -2.42. The highest BCUT2D eigenvalue weighted by molar-refractivity contribution is 6.31. The van der Waals surface area contributed by atoms with Gasteiger partial charge in [-0.3, -0.25) is 19.2 Å². The Bertz CT molecular complexity index is 1520. The van der Waals surface area contributed by atoms with Crippen molar-refractivity contribution in [1.29, 1.82) is 0 Å². The van der Waals surface area contributed by atoms with E-state index in [-0.39, 0.29) is 53.2 Å². The Morgan fingerprint density at radius 2 is 1.81 bits per heavy atom. The number of methoxy groups -OCH3 is 1. The maximum Gasteiger partial charge on any atom is 0.220 e. The van der Waals surface area contributed by atoms with Crippen molar-refractivity contribution in [2.75, 3.05) is 7.11 Å². The van der Waals surface area contributed by atoms with Crippen molar-refractivity contribution in [3.63, 3.8) is 0 Å². The predicted molar refractivity (Wildman–Crippen MR) is 149 cm³/mol. The van der Waals surface area contributed by atoms with Gasteiger partial charge in [0.2, 0.25) is 11.7 Å². The lowest BCUT2D eigenvalue weighted by Crippen LogP contribution is -2.55. The van der Waals surface area contributed by atoms with Gasteiger partial charge in [-0.05, 0) is 26.3 Å². The van der Waals surface area contributed by atoms with Crippen LogP contribution in [0, 0.1) is 0 Å². The molecule has 1 fully saturated rings. The van der Waals surface area contributed by atoms with Crippen LogP contribution in [0.5, 0.6) is 17.2 Å². The van der Waals surface area contributed by atoms with Crippen LogP contribution in [0.1, 0.15) is 95.5 Å². The number of ether oxygens (including phenoxy) is 3. The molecule has 5 rings (SSSR count). The quantitative estimate of drug-likeness (QED) is 0.251. The number of aliphatic hydroxyl groups is 2. The zero-order chi connectivity index (χ0) is 31.4. The molecule has 1 amide bonds. The second-order valence-corrected chi connectivity index (χ2v) is 11.4. The van der Waals surface area contributed by atoms with Crippen LogP contribution < -0.4 is 10.1 Å². The smallest absolute Gasteiger partial charge is 0.220 e. The van der Waals surface area contributed by atoms with E-state index < -0.39 is 82.6 Å². The molecule has 0 aromatic heterocycles. The third-order valence-electron chi connectivity index (χ3n) is 8.58. The highest BCUT2D eigenvalue weighted by atomic mass is 16.7. The monoisotopic (exact) mass is 597 g/mol. The second-order valence-electron chi connectivity index (χ2n) is 11.4. The van der Waals surface area contributed by atoms with E-state index in [0.29, 0.717) is 6.42 Å². The lowest BCUT2D eigenvalue weighted by atomic mass is 9.72. The molecule has 0 saturated carbocycles. The Morgan fingerprint density at radius 3 is 2.47 bits per heavy atom. The molecule has 12 nitrogen and oxygen atoms in total. The van der Waals surface area contributed by atoms with Crippen LogP contribution in [-0.2, 0) is 25.5 Å². The first-order valence-corrected chi connectivity index (χ1v) is 14.2. The average Bonchev–Trinajstić information content (AvgIpc) is 2.95. The number of aliphatic hydroxyl groups excluding tert-OH is 1. The van der Waals surface area contributed by atoms with Gasteiger partial charge >= 0.3 is 0 Å². The molecule has 2 aliphatic carbocycles. The van der Waals surface area contributed by atoms with Gasteiger partial charge in [-0.25, -0.2) is 0 Å². The van der Waals surface area contributed by atoms with Gasteiger partial charge in [0, 0.05) is 42.4 Å². The molecule has 2 aromatic rings. The number of fused-ring (bicyclic) bond motifs is 3. The summed E-state index contributed by atoms with van der Waals surface area (Å²) in [5.41, 5.74) is -3.24. The molecule has 3 aliphatic rings. The molecule has 0 unspecified atom stereocenters. The summed E-state index contributed by atoms with van der Waals surface area (Å²) >= 11 is 0. The summed E-state index contributed by atoms with van der Waals surface area (Å²) in [5.74, 6) is -3.58. The predicted octanol–water partition coefficient (Wildman–Crippen LogP) is 1.99. The molecule has 0 bridgehead atoms. The number of rotatable bonds is 7. The highest BCUT2D eigenvalue weighted by Gasteiger charge is 2.49. The van der Waals surface area contributed by atoms with Crippen LogP contribution in [0.15, 0.2) is 18.2 Å². The first-order chi connectivity index (χ1) is 20.3. The van der Waals surface area contributed by atoms with Crippen molar-refractivity contribution in [2.24, 2.45) is 0 Å². The van der Waals surface area contributed by atoms with Crippen LogP contribution >= 0.6 is 0 Å². The Hall–Kier alpha value is -3.84. The third kappa shape index (κ3) is 5.07. The zero-order valence-electron chi connectivity index (χ0n) is 24.3. The van der Waals surface area contributed by atoms with Gasteiger partial charge in [-0.1, -0.05) is 19.1 Å². The minimum absolute atomic E-state index is 0.00896. The SMILES string of the molecule is CCCC(=O)N[C@@H]1C[C@@H](O[C@@H]2C[C@](O)(C(C)=O)Cc3c(O)c4c(c(O)c32)C(=O)c2c(OC)cccc2C4=O)O[C@H](C)[C@@H]1O. The summed E-state index contributed by atoms with van der Waals surface area (Å²) in [7, 11) is 1.33. The van der Waals surface area contributed by atoms with Gasteiger partial charge in [0.1, 0.15) is 29.0 Å². The molecule has 0 spiro atoms. The van der Waals surface area contributed by atoms with Gasteiger partial charge in [0.15, 0.2) is 17.9 Å². The molecular weight excluding hydrogens is 562 g/mol. The number of Topliss-reactive ketones (excluding diaryl/α,β-unsaturated/α-hetero) is 1. The lowest BCUT2D eigenvalue weighted by molar-refractivity contribution is -0.249. The van der Waals surface area contributed by atoms with Crippen LogP contribution in [-0.4, -0.2) is 80.9 Å². The fourth-order valence-electron chi connectivity index (χ4n) is 6.27. The Kier molecular flexibility index (Phi) is 8.07.